The monoisotopic (exact) mass is 215 g/mol. The van der Waals surface area contributed by atoms with Crippen LogP contribution < -0.4 is 5.32 Å². The molecule has 0 fully saturated rings. The van der Waals surface area contributed by atoms with E-state index in [0.717, 1.165) is 0 Å². The first-order chi connectivity index (χ1) is 7.20. The summed E-state index contributed by atoms with van der Waals surface area (Å²) in [6.07, 6.45) is 3.34. The van der Waals surface area contributed by atoms with Crippen LogP contribution in [-0.4, -0.2) is 30.3 Å². The van der Waals surface area contributed by atoms with Crippen LogP contribution in [0.1, 0.15) is 25.7 Å². The second kappa shape index (κ2) is 9.21. The molecule has 0 rings (SSSR count). The van der Waals surface area contributed by atoms with E-state index in [9.17, 15) is 9.59 Å². The molecule has 86 valence electrons. The van der Waals surface area contributed by atoms with Crippen LogP contribution in [-0.2, 0) is 14.3 Å². The summed E-state index contributed by atoms with van der Waals surface area (Å²) in [7, 11) is 0. The summed E-state index contributed by atoms with van der Waals surface area (Å²) in [5.41, 5.74) is 0. The van der Waals surface area contributed by atoms with Crippen molar-refractivity contribution < 1.29 is 19.4 Å². The molecule has 0 spiro atoms. The third kappa shape index (κ3) is 8.96. The number of unbranched alkanes of at least 4 members (excludes halogenated alkanes) is 1. The van der Waals surface area contributed by atoms with Gasteiger partial charge in [0.15, 0.2) is 0 Å². The molecular weight excluding hydrogens is 198 g/mol. The van der Waals surface area contributed by atoms with Gasteiger partial charge in [-0.2, -0.15) is 0 Å². The first kappa shape index (κ1) is 13.6. The average Bonchev–Trinajstić information content (AvgIpc) is 2.22. The third-order valence-electron chi connectivity index (χ3n) is 1.67. The van der Waals surface area contributed by atoms with Gasteiger partial charge in [-0.15, -0.1) is 0 Å². The highest BCUT2D eigenvalue weighted by molar-refractivity contribution is 5.75. The van der Waals surface area contributed by atoms with E-state index in [4.69, 9.17) is 9.84 Å². The number of aliphatic hydroxyl groups is 1. The van der Waals surface area contributed by atoms with Gasteiger partial charge in [0.1, 0.15) is 13.3 Å². The minimum absolute atomic E-state index is 0.211. The fourth-order valence-corrected chi connectivity index (χ4v) is 0.956. The van der Waals surface area contributed by atoms with E-state index in [2.05, 4.69) is 11.9 Å². The normalized spacial score (nSPS) is 9.40. The van der Waals surface area contributed by atoms with Crippen molar-refractivity contribution in [1.29, 1.82) is 0 Å². The molecule has 0 saturated heterocycles. The predicted octanol–water partition coefficient (Wildman–Crippen LogP) is 0.342. The van der Waals surface area contributed by atoms with Crippen molar-refractivity contribution in [3.63, 3.8) is 0 Å². The molecule has 1 amide bonds. The lowest BCUT2D eigenvalue weighted by Crippen LogP contribution is -2.23. The maximum absolute atomic E-state index is 11.0. The van der Waals surface area contributed by atoms with Gasteiger partial charge in [-0.05, 0) is 12.8 Å². The zero-order valence-corrected chi connectivity index (χ0v) is 8.70. The molecule has 2 N–H and O–H groups in total. The van der Waals surface area contributed by atoms with Crippen molar-refractivity contribution >= 4 is 11.9 Å². The van der Waals surface area contributed by atoms with Crippen LogP contribution in [0.5, 0.6) is 0 Å². The highest BCUT2D eigenvalue weighted by Crippen LogP contribution is 2.01. The van der Waals surface area contributed by atoms with Crippen LogP contribution in [0.3, 0.4) is 0 Å². The van der Waals surface area contributed by atoms with Gasteiger partial charge in [-0.25, -0.2) is 0 Å². The van der Waals surface area contributed by atoms with Gasteiger partial charge in [0.05, 0.1) is 0 Å². The number of amides is 1. The molecule has 0 aliphatic carbocycles. The predicted molar refractivity (Wildman–Crippen MR) is 54.9 cm³/mol. The maximum atomic E-state index is 11.0. The van der Waals surface area contributed by atoms with Gasteiger partial charge >= 0.3 is 5.97 Å². The molecule has 5 heteroatoms. The van der Waals surface area contributed by atoms with E-state index < -0.39 is 0 Å². The Balaban J connectivity index is 3.33. The topological polar surface area (TPSA) is 75.6 Å². The number of ether oxygens (including phenoxy) is 1. The van der Waals surface area contributed by atoms with E-state index in [1.165, 1.54) is 6.08 Å². The fraction of sp³-hybridized carbons (Fsp3) is 0.600. The molecule has 0 aromatic heterocycles. The fourth-order valence-electron chi connectivity index (χ4n) is 0.956. The highest BCUT2D eigenvalue weighted by atomic mass is 16.5. The number of carbonyl (C=O) groups excluding carboxylic acids is 2. The summed E-state index contributed by atoms with van der Waals surface area (Å²) in [5, 5.41) is 10.6. The first-order valence-corrected chi connectivity index (χ1v) is 4.84. The van der Waals surface area contributed by atoms with E-state index in [1.807, 2.05) is 0 Å². The summed E-state index contributed by atoms with van der Waals surface area (Å²) < 4.78 is 4.75. The Hall–Kier alpha value is -1.36. The van der Waals surface area contributed by atoms with Crippen molar-refractivity contribution in [3.8, 4) is 0 Å². The highest BCUT2D eigenvalue weighted by Gasteiger charge is 2.03. The lowest BCUT2D eigenvalue weighted by atomic mass is 10.2. The molecule has 0 aliphatic rings. The quantitative estimate of drug-likeness (QED) is 0.265. The zero-order valence-electron chi connectivity index (χ0n) is 8.70. The number of aliphatic hydroxyl groups excluding tert-OH is 1. The summed E-state index contributed by atoms with van der Waals surface area (Å²) >= 11 is 0. The van der Waals surface area contributed by atoms with Crippen LogP contribution in [0.25, 0.3) is 0 Å². The molecule has 0 aromatic carbocycles. The number of hydrogen-bond acceptors (Lipinski definition) is 4. The van der Waals surface area contributed by atoms with Gasteiger partial charge < -0.3 is 15.2 Å². The summed E-state index contributed by atoms with van der Waals surface area (Å²) in [6.45, 7) is 3.30. The van der Waals surface area contributed by atoms with Crippen molar-refractivity contribution in [2.45, 2.75) is 25.7 Å². The summed E-state index contributed by atoms with van der Waals surface area (Å²) in [6, 6.07) is 0. The molecular formula is C10H17NO4. The average molecular weight is 215 g/mol. The Labute approximate surface area is 89.1 Å². The molecule has 0 heterocycles. The number of hydrogen-bond donors (Lipinski definition) is 2. The van der Waals surface area contributed by atoms with Gasteiger partial charge in [-0.3, -0.25) is 9.59 Å². The number of nitrogens with one attached hydrogen (secondary N) is 1. The third-order valence-corrected chi connectivity index (χ3v) is 1.67. The van der Waals surface area contributed by atoms with Crippen molar-refractivity contribution in [1.82, 2.24) is 5.32 Å². The van der Waals surface area contributed by atoms with Crippen LogP contribution in [0.4, 0.5) is 0 Å². The van der Waals surface area contributed by atoms with Crippen LogP contribution in [0.15, 0.2) is 12.7 Å². The smallest absolute Gasteiger partial charge is 0.306 e. The van der Waals surface area contributed by atoms with Crippen LogP contribution in [0, 0.1) is 0 Å². The minimum atomic E-state index is -0.347. The second-order valence-electron chi connectivity index (χ2n) is 2.94. The first-order valence-electron chi connectivity index (χ1n) is 4.84. The lowest BCUT2D eigenvalue weighted by Gasteiger charge is -2.02. The van der Waals surface area contributed by atoms with E-state index >= 15 is 0 Å². The zero-order chi connectivity index (χ0) is 11.5. The summed E-state index contributed by atoms with van der Waals surface area (Å²) in [5.74, 6) is -0.491. The summed E-state index contributed by atoms with van der Waals surface area (Å²) in [4.78, 5) is 21.8. The molecule has 0 atom stereocenters. The van der Waals surface area contributed by atoms with Gasteiger partial charge in [0, 0.05) is 12.8 Å². The Morgan fingerprint density at radius 3 is 2.60 bits per heavy atom. The van der Waals surface area contributed by atoms with Gasteiger partial charge in [-0.1, -0.05) is 12.7 Å². The van der Waals surface area contributed by atoms with Crippen molar-refractivity contribution in [2.75, 3.05) is 13.3 Å². The van der Waals surface area contributed by atoms with Gasteiger partial charge in [0.25, 0.3) is 0 Å². The standard InChI is InChI=1S/C10H17NO4/c1-2-7-15-10(14)6-4-3-5-9(13)11-8-12/h2,12H,1,3-8H2,(H,11,13). The van der Waals surface area contributed by atoms with Crippen LogP contribution in [0.2, 0.25) is 0 Å². The molecule has 0 aliphatic heterocycles. The Morgan fingerprint density at radius 2 is 2.00 bits per heavy atom. The lowest BCUT2D eigenvalue weighted by molar-refractivity contribution is -0.142. The molecule has 0 bridgehead atoms. The molecule has 0 unspecified atom stereocenters. The SMILES string of the molecule is C=CCOC(=O)CCCCC(=O)NCO. The van der Waals surface area contributed by atoms with E-state index in [1.54, 1.807) is 0 Å². The Morgan fingerprint density at radius 1 is 1.33 bits per heavy atom. The van der Waals surface area contributed by atoms with Crippen molar-refractivity contribution in [3.05, 3.63) is 12.7 Å². The molecule has 5 nitrogen and oxygen atoms in total. The largest absolute Gasteiger partial charge is 0.461 e. The second-order valence-corrected chi connectivity index (χ2v) is 2.94. The number of carbonyl (C=O) groups is 2. The number of rotatable bonds is 8. The van der Waals surface area contributed by atoms with Crippen LogP contribution >= 0.6 is 0 Å². The molecule has 0 saturated carbocycles. The Bertz CT molecular complexity index is 215. The van der Waals surface area contributed by atoms with Crippen molar-refractivity contribution in [2.24, 2.45) is 0 Å². The maximum Gasteiger partial charge on any atom is 0.306 e. The number of esters is 1. The Kier molecular flexibility index (Phi) is 8.37. The molecule has 0 radical (unpaired) electrons. The van der Waals surface area contributed by atoms with E-state index in [0.29, 0.717) is 25.7 Å². The minimum Gasteiger partial charge on any atom is -0.461 e. The molecule has 0 aromatic rings. The van der Waals surface area contributed by atoms with E-state index in [-0.39, 0.29) is 25.2 Å². The molecule has 15 heavy (non-hydrogen) atoms. The van der Waals surface area contributed by atoms with Gasteiger partial charge in [0.2, 0.25) is 5.91 Å².